The molecule has 0 fully saturated rings. The van der Waals surface area contributed by atoms with Crippen LogP contribution in [0.1, 0.15) is 2.85 Å². The van der Waals surface area contributed by atoms with Crippen LogP contribution in [0.25, 0.3) is 0 Å². The fraction of sp³-hybridized carbons (Fsp3) is 0. The average Bonchev–Trinajstić information content (AvgIpc) is 0.722. The minimum absolute atomic E-state index is 0. The monoisotopic (exact) mass is 471 g/mol. The summed E-state index contributed by atoms with van der Waals surface area (Å²) in [5, 5.41) is 0. The van der Waals surface area contributed by atoms with Gasteiger partial charge in [-0.25, -0.2) is 0 Å². The van der Waals surface area contributed by atoms with E-state index in [0.29, 0.717) is 0 Å². The van der Waals surface area contributed by atoms with E-state index in [1.807, 2.05) is 0 Å². The van der Waals surface area contributed by atoms with Gasteiger partial charge in [-0.3, -0.25) is 0 Å². The third-order valence-electron chi connectivity index (χ3n) is 0. The van der Waals surface area contributed by atoms with Crippen LogP contribution in [0, 0.1) is 41.7 Å². The second-order valence-corrected chi connectivity index (χ2v) is 1.80. The first kappa shape index (κ1) is 44.7. The van der Waals surface area contributed by atoms with Gasteiger partial charge in [0, 0.05) is 91.5 Å². The number of hydrogen-bond donors (Lipinski definition) is 4. The molecule has 0 aromatic carbocycles. The van der Waals surface area contributed by atoms with Gasteiger partial charge in [0.2, 0.25) is 0 Å². The zero-order chi connectivity index (χ0) is 4.50. The van der Waals surface area contributed by atoms with E-state index in [2.05, 4.69) is 0 Å². The third-order valence-corrected chi connectivity index (χ3v) is 0. The number of hydrogen-bond acceptors (Lipinski definition) is 4. The van der Waals surface area contributed by atoms with Gasteiger partial charge in [0.15, 0.2) is 17.4 Å². The van der Waals surface area contributed by atoms with Gasteiger partial charge < -0.3 is 27.5 Å². The molecular formula is H11AlCaCeFeO5SiY. The van der Waals surface area contributed by atoms with Crippen molar-refractivity contribution in [3.63, 3.8) is 0 Å². The summed E-state index contributed by atoms with van der Waals surface area (Å²) < 4.78 is 0. The van der Waals surface area contributed by atoms with Crippen molar-refractivity contribution in [1.29, 1.82) is 0 Å². The van der Waals surface area contributed by atoms with Gasteiger partial charge in [-0.05, 0) is 0 Å². The summed E-state index contributed by atoms with van der Waals surface area (Å²) in [5.74, 6) is 0. The van der Waals surface area contributed by atoms with Crippen molar-refractivity contribution in [3.8, 4) is 0 Å². The van der Waals surface area contributed by atoms with Crippen molar-refractivity contribution >= 4 is 64.1 Å². The molecule has 5 nitrogen and oxygen atoms in total. The SMILES string of the molecule is O.O[Si](O)(O)O.[AlH3].[Ca+2].[Ce].[Fe].[H-].[H-].[Y]. The first-order valence-electron chi connectivity index (χ1n) is 0.894. The van der Waals surface area contributed by atoms with Gasteiger partial charge in [0.05, 0.1) is 0 Å². The molecule has 65 valence electrons. The van der Waals surface area contributed by atoms with Crippen LogP contribution >= 0.6 is 0 Å². The molecule has 0 aliphatic carbocycles. The maximum Gasteiger partial charge on any atom is 2.00 e. The topological polar surface area (TPSA) is 112 Å². The largest absolute Gasteiger partial charge is 2.00 e. The maximum atomic E-state index is 7.33. The van der Waals surface area contributed by atoms with E-state index in [9.17, 15) is 0 Å². The van der Waals surface area contributed by atoms with Crippen LogP contribution in [0.4, 0.5) is 0 Å². The quantitative estimate of drug-likeness (QED) is 0.266. The minimum atomic E-state index is -4.61. The molecule has 0 unspecified atom stereocenters. The second kappa shape index (κ2) is 24.2. The molecule has 0 aliphatic rings. The smallest absolute Gasteiger partial charge is 1.00 e. The molecule has 0 aromatic rings. The Kier molecular flexibility index (Phi) is 98.2. The summed E-state index contributed by atoms with van der Waals surface area (Å²) in [7, 11) is -4.61. The van der Waals surface area contributed by atoms with E-state index >= 15 is 0 Å². The Labute approximate surface area is 179 Å². The molecule has 0 aliphatic heterocycles. The Morgan fingerprint density at radius 3 is 1.00 bits per heavy atom. The number of rotatable bonds is 0. The first-order chi connectivity index (χ1) is 2.00. The fourth-order valence-corrected chi connectivity index (χ4v) is 0. The standard InChI is InChI=1S/Al.Ca.Ce.Fe.H4O4Si.H2O.Y.5H/c;;;;1-5(2,3)4;;;;;;;/h;;;;1-4H;1H2;;;;;;/q;+2;;;;;;;;;2*-1. The Morgan fingerprint density at radius 2 is 1.00 bits per heavy atom. The normalized spacial score (nSPS) is 5.45. The van der Waals surface area contributed by atoms with Crippen LogP contribution in [-0.2, 0) is 49.8 Å². The van der Waals surface area contributed by atoms with Gasteiger partial charge in [-0.2, -0.15) is 0 Å². The molecular weight excluding hydrogens is 460 g/mol. The maximum absolute atomic E-state index is 7.33. The van der Waals surface area contributed by atoms with Gasteiger partial charge in [0.25, 0.3) is 0 Å². The molecule has 11 heteroatoms. The van der Waals surface area contributed by atoms with Crippen LogP contribution in [-0.4, -0.2) is 88.8 Å². The zero-order valence-electron chi connectivity index (χ0n) is 6.93. The van der Waals surface area contributed by atoms with Gasteiger partial charge in [-0.15, -0.1) is 0 Å². The minimum Gasteiger partial charge on any atom is -1.00 e. The Morgan fingerprint density at radius 1 is 1.00 bits per heavy atom. The van der Waals surface area contributed by atoms with Crippen LogP contribution in [0.5, 0.6) is 0 Å². The summed E-state index contributed by atoms with van der Waals surface area (Å²) in [4.78, 5) is 29.3. The average molecular weight is 471 g/mol. The molecule has 6 N–H and O–H groups in total. The van der Waals surface area contributed by atoms with E-state index in [1.165, 1.54) is 0 Å². The molecule has 0 spiro atoms. The zero-order valence-corrected chi connectivity index (χ0v) is 15.2. The molecule has 11 heavy (non-hydrogen) atoms. The molecule has 0 amide bonds. The molecule has 0 bridgehead atoms. The van der Waals surface area contributed by atoms with E-state index in [1.54, 1.807) is 0 Å². The second-order valence-electron chi connectivity index (χ2n) is 0.600. The van der Waals surface area contributed by atoms with Crippen molar-refractivity contribution in [3.05, 3.63) is 0 Å². The van der Waals surface area contributed by atoms with Gasteiger partial charge in [-0.1, -0.05) is 0 Å². The molecule has 0 saturated carbocycles. The summed E-state index contributed by atoms with van der Waals surface area (Å²) in [6.45, 7) is 0. The van der Waals surface area contributed by atoms with E-state index in [4.69, 9.17) is 19.2 Å². The summed E-state index contributed by atoms with van der Waals surface area (Å²) in [6.07, 6.45) is 0. The predicted octanol–water partition coefficient (Wildman–Crippen LogP) is -4.78. The Balaban J connectivity index is -0.00000000286. The van der Waals surface area contributed by atoms with E-state index < -0.39 is 9.05 Å². The fourth-order valence-electron chi connectivity index (χ4n) is 0. The Bertz CT molecular complexity index is 50.0. The van der Waals surface area contributed by atoms with Gasteiger partial charge >= 0.3 is 46.8 Å². The summed E-state index contributed by atoms with van der Waals surface area (Å²) >= 11 is 0. The van der Waals surface area contributed by atoms with Crippen LogP contribution in [0.3, 0.4) is 0 Å². The summed E-state index contributed by atoms with van der Waals surface area (Å²) in [6, 6.07) is 0. The molecule has 0 heterocycles. The van der Waals surface area contributed by atoms with Crippen LogP contribution in [0.2, 0.25) is 0 Å². The first-order valence-corrected chi connectivity index (χ1v) is 2.68. The van der Waals surface area contributed by atoms with E-state index in [-0.39, 0.29) is 155 Å². The molecule has 0 atom stereocenters. The van der Waals surface area contributed by atoms with Crippen molar-refractivity contribution < 1.29 is 119 Å². The third kappa shape index (κ3) is 105. The van der Waals surface area contributed by atoms with Crippen LogP contribution in [0.15, 0.2) is 0 Å². The molecule has 0 saturated heterocycles. The molecule has 0 aromatic heterocycles. The molecule has 1 radical (unpaired) electrons. The van der Waals surface area contributed by atoms with Crippen molar-refractivity contribution in [2.24, 2.45) is 0 Å². The summed E-state index contributed by atoms with van der Waals surface area (Å²) in [5.41, 5.74) is 0. The van der Waals surface area contributed by atoms with Crippen molar-refractivity contribution in [1.82, 2.24) is 0 Å². The van der Waals surface area contributed by atoms with Crippen molar-refractivity contribution in [2.75, 3.05) is 0 Å². The van der Waals surface area contributed by atoms with E-state index in [0.717, 1.165) is 0 Å². The Hall–Kier alpha value is 4.81. The predicted molar refractivity (Wildman–Crippen MR) is 36.2 cm³/mol. The van der Waals surface area contributed by atoms with Crippen LogP contribution < -0.4 is 0 Å². The molecule has 0 rings (SSSR count). The van der Waals surface area contributed by atoms with Crippen molar-refractivity contribution in [2.45, 2.75) is 0 Å². The van der Waals surface area contributed by atoms with Gasteiger partial charge in [0.1, 0.15) is 0 Å².